The molecule has 1 heterocycles. The molecular weight excluding hydrogens is 308 g/mol. The van der Waals surface area contributed by atoms with E-state index in [1.54, 1.807) is 0 Å². The van der Waals surface area contributed by atoms with Gasteiger partial charge in [0.15, 0.2) is 12.0 Å². The van der Waals surface area contributed by atoms with Gasteiger partial charge in [-0.3, -0.25) is 4.99 Å². The molecule has 0 atom stereocenters. The largest absolute Gasteiger partial charge is 0.467 e. The van der Waals surface area contributed by atoms with Gasteiger partial charge >= 0.3 is 0 Å². The van der Waals surface area contributed by atoms with Gasteiger partial charge in [0, 0.05) is 28.4 Å². The number of amidine groups is 1. The lowest BCUT2D eigenvalue weighted by Gasteiger charge is -2.21. The number of thioether (sulfide) groups is 1. The van der Waals surface area contributed by atoms with Gasteiger partial charge in [-0.1, -0.05) is 37.2 Å². The van der Waals surface area contributed by atoms with E-state index in [1.165, 1.54) is 11.8 Å². The van der Waals surface area contributed by atoms with Crippen molar-refractivity contribution < 1.29 is 9.47 Å². The Bertz CT molecular complexity index is 521. The minimum atomic E-state index is 0.282. The van der Waals surface area contributed by atoms with Crippen molar-refractivity contribution in [1.82, 2.24) is 0 Å². The maximum Gasteiger partial charge on any atom is 0.189 e. The van der Waals surface area contributed by atoms with Gasteiger partial charge in [0.25, 0.3) is 0 Å². The summed E-state index contributed by atoms with van der Waals surface area (Å²) in [6, 6.07) is 3.80. The molecule has 6 heteroatoms. The molecule has 1 aliphatic heterocycles. The number of nitrogens with two attached hydrogens (primary N) is 1. The van der Waals surface area contributed by atoms with Gasteiger partial charge in [-0.25, -0.2) is 0 Å². The van der Waals surface area contributed by atoms with Crippen LogP contribution in [0.4, 0.5) is 0 Å². The molecule has 1 aromatic rings. The Hall–Kier alpha value is -0.910. The van der Waals surface area contributed by atoms with Gasteiger partial charge in [-0.05, 0) is 24.5 Å². The Morgan fingerprint density at radius 3 is 3.05 bits per heavy atom. The number of hydrogen-bond acceptors (Lipinski definition) is 4. The lowest BCUT2D eigenvalue weighted by Crippen LogP contribution is -2.14. The van der Waals surface area contributed by atoms with E-state index in [-0.39, 0.29) is 6.79 Å². The standard InChI is InChI=1S/C15H21ClN2O2S/c1-10(2)3-4-18-15(17)21-8-12-6-13(16)5-11-7-19-9-20-14(11)12/h5-6,10H,3-4,7-9H2,1-2H3,(H2,17,18). The molecular formula is C15H21ClN2O2S. The van der Waals surface area contributed by atoms with E-state index in [1.807, 2.05) is 12.1 Å². The Labute approximate surface area is 135 Å². The van der Waals surface area contributed by atoms with Crippen LogP contribution in [0.15, 0.2) is 17.1 Å². The summed E-state index contributed by atoms with van der Waals surface area (Å²) in [6.45, 7) is 5.94. The molecule has 0 unspecified atom stereocenters. The summed E-state index contributed by atoms with van der Waals surface area (Å²) in [4.78, 5) is 4.37. The topological polar surface area (TPSA) is 56.8 Å². The molecule has 2 N–H and O–H groups in total. The fourth-order valence-corrected chi connectivity index (χ4v) is 2.96. The number of halogens is 1. The van der Waals surface area contributed by atoms with E-state index in [4.69, 9.17) is 26.8 Å². The molecule has 1 aromatic carbocycles. The summed E-state index contributed by atoms with van der Waals surface area (Å²) in [5, 5.41) is 1.30. The molecule has 0 fully saturated rings. The summed E-state index contributed by atoms with van der Waals surface area (Å²) in [5.41, 5.74) is 7.96. The SMILES string of the molecule is CC(C)CCN=C(N)SCc1cc(Cl)cc2c1OCOC2. The van der Waals surface area contributed by atoms with Gasteiger partial charge in [0.05, 0.1) is 6.61 Å². The molecule has 4 nitrogen and oxygen atoms in total. The van der Waals surface area contributed by atoms with Crippen LogP contribution in [0.2, 0.25) is 5.02 Å². The Morgan fingerprint density at radius 1 is 1.48 bits per heavy atom. The van der Waals surface area contributed by atoms with E-state index in [0.29, 0.717) is 28.5 Å². The maximum absolute atomic E-state index is 6.13. The fourth-order valence-electron chi connectivity index (χ4n) is 1.99. The summed E-state index contributed by atoms with van der Waals surface area (Å²) < 4.78 is 10.9. The number of rotatable bonds is 5. The number of benzene rings is 1. The number of nitrogens with zero attached hydrogens (tertiary/aromatic N) is 1. The Kier molecular flexibility index (Phi) is 6.21. The van der Waals surface area contributed by atoms with Crippen LogP contribution in [0, 0.1) is 5.92 Å². The first-order chi connectivity index (χ1) is 10.1. The summed E-state index contributed by atoms with van der Waals surface area (Å²) in [5.74, 6) is 2.20. The second-order valence-corrected chi connectivity index (χ2v) is 6.79. The second kappa shape index (κ2) is 7.92. The number of hydrogen-bond donors (Lipinski definition) is 1. The fraction of sp³-hybridized carbons (Fsp3) is 0.533. The second-order valence-electron chi connectivity index (χ2n) is 5.35. The lowest BCUT2D eigenvalue weighted by atomic mass is 10.1. The van der Waals surface area contributed by atoms with Gasteiger partial charge < -0.3 is 15.2 Å². The molecule has 0 bridgehead atoms. The predicted octanol–water partition coefficient (Wildman–Crippen LogP) is 3.80. The number of aliphatic imine (C=N–C) groups is 1. The molecule has 0 amide bonds. The minimum absolute atomic E-state index is 0.282. The smallest absolute Gasteiger partial charge is 0.189 e. The third kappa shape index (κ3) is 5.09. The minimum Gasteiger partial charge on any atom is -0.467 e. The van der Waals surface area contributed by atoms with Crippen molar-refractivity contribution in [2.75, 3.05) is 13.3 Å². The molecule has 0 aromatic heterocycles. The van der Waals surface area contributed by atoms with Crippen LogP contribution in [-0.2, 0) is 17.1 Å². The van der Waals surface area contributed by atoms with Crippen LogP contribution < -0.4 is 10.5 Å². The molecule has 1 aliphatic rings. The third-order valence-corrected chi connectivity index (χ3v) is 4.20. The predicted molar refractivity (Wildman–Crippen MR) is 89.0 cm³/mol. The lowest BCUT2D eigenvalue weighted by molar-refractivity contribution is -0.0168. The zero-order chi connectivity index (χ0) is 15.2. The number of ether oxygens (including phenoxy) is 2. The van der Waals surface area contributed by atoms with E-state index in [2.05, 4.69) is 18.8 Å². The molecule has 0 saturated heterocycles. The van der Waals surface area contributed by atoms with Crippen LogP contribution in [0.5, 0.6) is 5.75 Å². The van der Waals surface area contributed by atoms with Crippen LogP contribution in [0.1, 0.15) is 31.4 Å². The Balaban J connectivity index is 1.98. The first kappa shape index (κ1) is 16.5. The van der Waals surface area contributed by atoms with Gasteiger partial charge in [0.1, 0.15) is 5.75 Å². The van der Waals surface area contributed by atoms with Crippen molar-refractivity contribution in [3.05, 3.63) is 28.3 Å². The van der Waals surface area contributed by atoms with Crippen molar-refractivity contribution in [3.8, 4) is 5.75 Å². The van der Waals surface area contributed by atoms with E-state index in [0.717, 1.165) is 29.8 Å². The number of fused-ring (bicyclic) bond motifs is 1. The van der Waals surface area contributed by atoms with Crippen LogP contribution in [-0.4, -0.2) is 18.5 Å². The van der Waals surface area contributed by atoms with Crippen molar-refractivity contribution in [2.24, 2.45) is 16.6 Å². The van der Waals surface area contributed by atoms with Crippen LogP contribution >= 0.6 is 23.4 Å². The maximum atomic E-state index is 6.13. The monoisotopic (exact) mass is 328 g/mol. The van der Waals surface area contributed by atoms with Crippen molar-refractivity contribution >= 4 is 28.5 Å². The molecule has 0 radical (unpaired) electrons. The van der Waals surface area contributed by atoms with Gasteiger partial charge in [-0.2, -0.15) is 0 Å². The average molecular weight is 329 g/mol. The van der Waals surface area contributed by atoms with Crippen molar-refractivity contribution in [1.29, 1.82) is 0 Å². The van der Waals surface area contributed by atoms with Gasteiger partial charge in [0.2, 0.25) is 0 Å². The first-order valence-corrected chi connectivity index (χ1v) is 8.37. The van der Waals surface area contributed by atoms with Crippen molar-refractivity contribution in [3.63, 3.8) is 0 Å². The highest BCUT2D eigenvalue weighted by atomic mass is 35.5. The first-order valence-electron chi connectivity index (χ1n) is 7.01. The average Bonchev–Trinajstić information content (AvgIpc) is 2.44. The van der Waals surface area contributed by atoms with Crippen LogP contribution in [0.25, 0.3) is 0 Å². The van der Waals surface area contributed by atoms with E-state index >= 15 is 0 Å². The van der Waals surface area contributed by atoms with E-state index < -0.39 is 0 Å². The quantitative estimate of drug-likeness (QED) is 0.659. The molecule has 21 heavy (non-hydrogen) atoms. The summed E-state index contributed by atoms with van der Waals surface area (Å²) in [7, 11) is 0. The van der Waals surface area contributed by atoms with Gasteiger partial charge in [-0.15, -0.1) is 0 Å². The highest BCUT2D eigenvalue weighted by molar-refractivity contribution is 8.13. The molecule has 0 spiro atoms. The third-order valence-electron chi connectivity index (χ3n) is 3.10. The Morgan fingerprint density at radius 2 is 2.29 bits per heavy atom. The highest BCUT2D eigenvalue weighted by Gasteiger charge is 2.16. The molecule has 2 rings (SSSR count). The highest BCUT2D eigenvalue weighted by Crippen LogP contribution is 2.33. The summed E-state index contributed by atoms with van der Waals surface area (Å²) >= 11 is 7.64. The molecule has 116 valence electrons. The molecule has 0 aliphatic carbocycles. The van der Waals surface area contributed by atoms with Crippen LogP contribution in [0.3, 0.4) is 0 Å². The van der Waals surface area contributed by atoms with E-state index in [9.17, 15) is 0 Å². The normalized spacial score (nSPS) is 15.0. The zero-order valence-corrected chi connectivity index (χ0v) is 14.0. The van der Waals surface area contributed by atoms with Crippen molar-refractivity contribution in [2.45, 2.75) is 32.6 Å². The zero-order valence-electron chi connectivity index (χ0n) is 12.4. The summed E-state index contributed by atoms with van der Waals surface area (Å²) in [6.07, 6.45) is 1.05. The molecule has 0 saturated carbocycles.